The van der Waals surface area contributed by atoms with Gasteiger partial charge in [0.2, 0.25) is 11.8 Å². The molecule has 3 rings (SSSR count). The molecular weight excluding hydrogens is 479 g/mol. The molecule has 2 unspecified atom stereocenters. The molecule has 0 spiro atoms. The molecule has 4 nitrogen and oxygen atoms in total. The second-order valence-corrected chi connectivity index (χ2v) is 9.71. The summed E-state index contributed by atoms with van der Waals surface area (Å²) in [5.74, 6) is -0.285. The molecule has 1 N–H and O–H groups in total. The highest BCUT2D eigenvalue weighted by Crippen LogP contribution is 2.25. The van der Waals surface area contributed by atoms with Gasteiger partial charge in [-0.1, -0.05) is 90.8 Å². The number of amides is 2. The number of rotatable bonds is 10. The van der Waals surface area contributed by atoms with E-state index >= 15 is 0 Å². The van der Waals surface area contributed by atoms with Gasteiger partial charge in [-0.05, 0) is 54.7 Å². The molecule has 0 bridgehead atoms. The molecular formula is C29H32Cl2N2O2. The first-order chi connectivity index (χ1) is 16.8. The van der Waals surface area contributed by atoms with Gasteiger partial charge in [0.25, 0.3) is 0 Å². The molecule has 3 aromatic rings. The molecule has 2 amide bonds. The average molecular weight is 511 g/mol. The van der Waals surface area contributed by atoms with Crippen LogP contribution in [0.4, 0.5) is 0 Å². The third kappa shape index (κ3) is 7.58. The maximum atomic E-state index is 13.8. The number of benzene rings is 3. The zero-order chi connectivity index (χ0) is 25.4. The van der Waals surface area contributed by atoms with Gasteiger partial charge in [-0.3, -0.25) is 9.59 Å². The molecule has 3 aromatic carbocycles. The van der Waals surface area contributed by atoms with Crippen LogP contribution < -0.4 is 5.32 Å². The van der Waals surface area contributed by atoms with E-state index in [4.69, 9.17) is 23.2 Å². The number of halogens is 2. The Kier molecular flexibility index (Phi) is 9.76. The van der Waals surface area contributed by atoms with Gasteiger partial charge in [0, 0.05) is 19.0 Å². The molecule has 0 saturated carbocycles. The zero-order valence-electron chi connectivity index (χ0n) is 20.4. The second kappa shape index (κ2) is 12.8. The van der Waals surface area contributed by atoms with E-state index in [0.29, 0.717) is 16.5 Å². The molecule has 0 aliphatic heterocycles. The van der Waals surface area contributed by atoms with E-state index in [1.165, 1.54) is 0 Å². The summed E-state index contributed by atoms with van der Waals surface area (Å²) >= 11 is 12.4. The predicted octanol–water partition coefficient (Wildman–Crippen LogP) is 6.40. The van der Waals surface area contributed by atoms with Crippen LogP contribution in [0.15, 0.2) is 72.8 Å². The lowest BCUT2D eigenvalue weighted by Gasteiger charge is -2.32. The number of carbonyl (C=O) groups is 2. The van der Waals surface area contributed by atoms with E-state index in [1.54, 1.807) is 17.0 Å². The van der Waals surface area contributed by atoms with Gasteiger partial charge < -0.3 is 10.2 Å². The van der Waals surface area contributed by atoms with Crippen molar-refractivity contribution in [1.82, 2.24) is 10.2 Å². The Morgan fingerprint density at radius 2 is 1.60 bits per heavy atom. The van der Waals surface area contributed by atoms with E-state index in [1.807, 2.05) is 81.4 Å². The Hall–Kier alpha value is -2.82. The Bertz CT molecular complexity index is 1150. The highest BCUT2D eigenvalue weighted by Gasteiger charge is 2.31. The number of hydrogen-bond acceptors (Lipinski definition) is 2. The van der Waals surface area contributed by atoms with Crippen LogP contribution in [0.5, 0.6) is 0 Å². The van der Waals surface area contributed by atoms with E-state index in [-0.39, 0.29) is 30.8 Å². The lowest BCUT2D eigenvalue weighted by Crippen LogP contribution is -2.52. The van der Waals surface area contributed by atoms with Crippen molar-refractivity contribution in [1.29, 1.82) is 0 Å². The van der Waals surface area contributed by atoms with Crippen molar-refractivity contribution in [2.24, 2.45) is 0 Å². The van der Waals surface area contributed by atoms with Crippen LogP contribution in [-0.4, -0.2) is 28.8 Å². The average Bonchev–Trinajstić information content (AvgIpc) is 2.85. The second-order valence-electron chi connectivity index (χ2n) is 8.90. The van der Waals surface area contributed by atoms with Crippen LogP contribution in [0.3, 0.4) is 0 Å². The van der Waals surface area contributed by atoms with Crippen molar-refractivity contribution in [2.75, 3.05) is 0 Å². The molecule has 0 saturated heterocycles. The third-order valence-electron chi connectivity index (χ3n) is 6.21. The SMILES string of the molecule is CCC(C)NC(=O)C(Cc1ccccc1)N(Cc1ccc(Cl)c(Cl)c1)C(=O)Cc1ccccc1C. The van der Waals surface area contributed by atoms with Gasteiger partial charge in [-0.2, -0.15) is 0 Å². The van der Waals surface area contributed by atoms with Crippen molar-refractivity contribution in [3.63, 3.8) is 0 Å². The Morgan fingerprint density at radius 1 is 0.914 bits per heavy atom. The molecule has 35 heavy (non-hydrogen) atoms. The highest BCUT2D eigenvalue weighted by molar-refractivity contribution is 6.42. The summed E-state index contributed by atoms with van der Waals surface area (Å²) < 4.78 is 0. The number of aryl methyl sites for hydroxylation is 1. The predicted molar refractivity (Wildman–Crippen MR) is 144 cm³/mol. The molecule has 0 radical (unpaired) electrons. The van der Waals surface area contributed by atoms with Gasteiger partial charge in [0.05, 0.1) is 16.5 Å². The first-order valence-electron chi connectivity index (χ1n) is 11.9. The molecule has 6 heteroatoms. The summed E-state index contributed by atoms with van der Waals surface area (Å²) in [4.78, 5) is 29.0. The summed E-state index contributed by atoms with van der Waals surface area (Å²) in [5, 5.41) is 3.95. The number of nitrogens with one attached hydrogen (secondary N) is 1. The monoisotopic (exact) mass is 510 g/mol. The number of carbonyl (C=O) groups excluding carboxylic acids is 2. The summed E-state index contributed by atoms with van der Waals surface area (Å²) in [6.45, 7) is 6.22. The standard InChI is InChI=1S/C29H32Cl2N2O2/c1-4-21(3)32-29(35)27(17-22-11-6-5-7-12-22)33(19-23-14-15-25(30)26(31)16-23)28(34)18-24-13-9-8-10-20(24)2/h5-16,21,27H,4,17-19H2,1-3H3,(H,32,35). The Morgan fingerprint density at radius 3 is 2.26 bits per heavy atom. The Balaban J connectivity index is 2.00. The summed E-state index contributed by atoms with van der Waals surface area (Å²) in [5.41, 5.74) is 3.78. The van der Waals surface area contributed by atoms with Crippen LogP contribution in [0.1, 0.15) is 42.5 Å². The van der Waals surface area contributed by atoms with Crippen LogP contribution in [0.2, 0.25) is 10.0 Å². The lowest BCUT2D eigenvalue weighted by atomic mass is 10.00. The number of nitrogens with zero attached hydrogens (tertiary/aromatic N) is 1. The fourth-order valence-electron chi connectivity index (χ4n) is 3.90. The van der Waals surface area contributed by atoms with Crippen LogP contribution in [-0.2, 0) is 29.0 Å². The maximum absolute atomic E-state index is 13.8. The van der Waals surface area contributed by atoms with Crippen molar-refractivity contribution in [3.8, 4) is 0 Å². The maximum Gasteiger partial charge on any atom is 0.243 e. The summed E-state index contributed by atoms with van der Waals surface area (Å²) in [6, 6.07) is 22.2. The van der Waals surface area contributed by atoms with Gasteiger partial charge in [0.15, 0.2) is 0 Å². The highest BCUT2D eigenvalue weighted by atomic mass is 35.5. The molecule has 0 aliphatic carbocycles. The van der Waals surface area contributed by atoms with Crippen molar-refractivity contribution >= 4 is 35.0 Å². The topological polar surface area (TPSA) is 49.4 Å². The minimum absolute atomic E-state index is 0.000862. The molecule has 0 aliphatic rings. The molecule has 0 aromatic heterocycles. The largest absolute Gasteiger partial charge is 0.352 e. The van der Waals surface area contributed by atoms with Crippen molar-refractivity contribution in [3.05, 3.63) is 105 Å². The summed E-state index contributed by atoms with van der Waals surface area (Å²) in [6.07, 6.45) is 1.41. The fraction of sp³-hybridized carbons (Fsp3) is 0.310. The van der Waals surface area contributed by atoms with Crippen LogP contribution in [0.25, 0.3) is 0 Å². The van der Waals surface area contributed by atoms with Crippen LogP contribution in [0, 0.1) is 6.92 Å². The molecule has 2 atom stereocenters. The van der Waals surface area contributed by atoms with Crippen molar-refractivity contribution in [2.45, 2.75) is 58.7 Å². The molecule has 0 heterocycles. The van der Waals surface area contributed by atoms with E-state index in [0.717, 1.165) is 28.7 Å². The normalized spacial score (nSPS) is 12.6. The van der Waals surface area contributed by atoms with E-state index < -0.39 is 6.04 Å². The molecule has 0 fully saturated rings. The number of hydrogen-bond donors (Lipinski definition) is 1. The van der Waals surface area contributed by atoms with Gasteiger partial charge in [-0.15, -0.1) is 0 Å². The van der Waals surface area contributed by atoms with Crippen molar-refractivity contribution < 1.29 is 9.59 Å². The smallest absolute Gasteiger partial charge is 0.243 e. The van der Waals surface area contributed by atoms with Gasteiger partial charge in [0.1, 0.15) is 6.04 Å². The van der Waals surface area contributed by atoms with Gasteiger partial charge in [-0.25, -0.2) is 0 Å². The third-order valence-corrected chi connectivity index (χ3v) is 6.95. The van der Waals surface area contributed by atoms with Crippen LogP contribution >= 0.6 is 23.2 Å². The van der Waals surface area contributed by atoms with E-state index in [2.05, 4.69) is 5.32 Å². The minimum Gasteiger partial charge on any atom is -0.352 e. The summed E-state index contributed by atoms with van der Waals surface area (Å²) in [7, 11) is 0. The first-order valence-corrected chi connectivity index (χ1v) is 12.7. The van der Waals surface area contributed by atoms with Gasteiger partial charge >= 0.3 is 0 Å². The minimum atomic E-state index is -0.683. The molecule has 184 valence electrons. The van der Waals surface area contributed by atoms with E-state index in [9.17, 15) is 9.59 Å². The first kappa shape index (κ1) is 26.8. The quantitative estimate of drug-likeness (QED) is 0.343. The zero-order valence-corrected chi connectivity index (χ0v) is 21.9. The fourth-order valence-corrected chi connectivity index (χ4v) is 4.22. The Labute approximate surface area is 218 Å². The lowest BCUT2D eigenvalue weighted by molar-refractivity contribution is -0.141.